The van der Waals surface area contributed by atoms with Gasteiger partial charge in [-0.15, -0.1) is 0 Å². The normalized spacial score (nSPS) is 10.3. The fourth-order valence-electron chi connectivity index (χ4n) is 2.34. The van der Waals surface area contributed by atoms with Gasteiger partial charge < -0.3 is 14.6 Å². The first-order valence-corrected chi connectivity index (χ1v) is 7.79. The smallest absolute Gasteiger partial charge is 0.344 e. The number of aromatic nitrogens is 1. The standard InChI is InChI=1S/C19H16N2O4/c1-2-24-19(23)15-16(13-9-5-3-6-10-13)21-25-17(15)18(22)20-14-11-7-4-8-12-14/h3-12H,2H2,1H3,(H,20,22). The molecule has 6 nitrogen and oxygen atoms in total. The number of hydrogen-bond acceptors (Lipinski definition) is 5. The Labute approximate surface area is 144 Å². The van der Waals surface area contributed by atoms with E-state index in [0.29, 0.717) is 11.3 Å². The van der Waals surface area contributed by atoms with E-state index < -0.39 is 11.9 Å². The Kier molecular flexibility index (Phi) is 4.89. The van der Waals surface area contributed by atoms with Gasteiger partial charge in [-0.1, -0.05) is 53.7 Å². The summed E-state index contributed by atoms with van der Waals surface area (Å²) in [6.45, 7) is 1.87. The van der Waals surface area contributed by atoms with Gasteiger partial charge in [0.2, 0.25) is 5.76 Å². The number of esters is 1. The van der Waals surface area contributed by atoms with Gasteiger partial charge >= 0.3 is 5.97 Å². The van der Waals surface area contributed by atoms with Crippen molar-refractivity contribution < 1.29 is 18.8 Å². The second kappa shape index (κ2) is 7.44. The molecule has 0 fully saturated rings. The van der Waals surface area contributed by atoms with Gasteiger partial charge in [-0.3, -0.25) is 4.79 Å². The summed E-state index contributed by atoms with van der Waals surface area (Å²) in [7, 11) is 0. The first kappa shape index (κ1) is 16.4. The van der Waals surface area contributed by atoms with Crippen molar-refractivity contribution in [2.45, 2.75) is 6.92 Å². The first-order valence-electron chi connectivity index (χ1n) is 7.79. The summed E-state index contributed by atoms with van der Waals surface area (Å²) in [5.74, 6) is -1.40. The van der Waals surface area contributed by atoms with Crippen LogP contribution >= 0.6 is 0 Å². The van der Waals surface area contributed by atoms with Crippen molar-refractivity contribution in [1.82, 2.24) is 5.16 Å². The van der Waals surface area contributed by atoms with Crippen LogP contribution in [0.25, 0.3) is 11.3 Å². The Morgan fingerprint density at radius 2 is 1.68 bits per heavy atom. The molecule has 1 aromatic heterocycles. The lowest BCUT2D eigenvalue weighted by atomic mass is 10.1. The van der Waals surface area contributed by atoms with Crippen LogP contribution in [0.3, 0.4) is 0 Å². The van der Waals surface area contributed by atoms with E-state index in [2.05, 4.69) is 10.5 Å². The monoisotopic (exact) mass is 336 g/mol. The van der Waals surface area contributed by atoms with Crippen molar-refractivity contribution in [1.29, 1.82) is 0 Å². The maximum atomic E-state index is 12.5. The zero-order valence-corrected chi connectivity index (χ0v) is 13.6. The van der Waals surface area contributed by atoms with Gasteiger partial charge in [-0.2, -0.15) is 0 Å². The van der Waals surface area contributed by atoms with Crippen LogP contribution in [0.15, 0.2) is 65.2 Å². The minimum absolute atomic E-state index is 0.0153. The lowest BCUT2D eigenvalue weighted by Crippen LogP contribution is -2.16. The summed E-state index contributed by atoms with van der Waals surface area (Å²) < 4.78 is 10.3. The van der Waals surface area contributed by atoms with Gasteiger partial charge in [-0.05, 0) is 19.1 Å². The number of carbonyl (C=O) groups excluding carboxylic acids is 2. The quantitative estimate of drug-likeness (QED) is 0.717. The molecule has 0 saturated carbocycles. The Morgan fingerprint density at radius 1 is 1.04 bits per heavy atom. The summed E-state index contributed by atoms with van der Waals surface area (Å²) >= 11 is 0. The molecule has 2 aromatic carbocycles. The van der Waals surface area contributed by atoms with Crippen molar-refractivity contribution in [3.8, 4) is 11.3 Å². The molecule has 1 heterocycles. The molecule has 0 atom stereocenters. The highest BCUT2D eigenvalue weighted by Crippen LogP contribution is 2.27. The SMILES string of the molecule is CCOC(=O)c1c(-c2ccccc2)noc1C(=O)Nc1ccccc1. The Hall–Kier alpha value is -3.41. The molecule has 1 N–H and O–H groups in total. The lowest BCUT2D eigenvalue weighted by molar-refractivity contribution is 0.0522. The Bertz CT molecular complexity index is 873. The van der Waals surface area contributed by atoms with Crippen molar-refractivity contribution in [2.24, 2.45) is 0 Å². The third kappa shape index (κ3) is 3.58. The van der Waals surface area contributed by atoms with E-state index in [1.165, 1.54) is 0 Å². The van der Waals surface area contributed by atoms with Crippen LogP contribution in [0.2, 0.25) is 0 Å². The highest BCUT2D eigenvalue weighted by atomic mass is 16.5. The molecule has 126 valence electrons. The van der Waals surface area contributed by atoms with E-state index in [1.54, 1.807) is 43.3 Å². The molecule has 3 aromatic rings. The second-order valence-corrected chi connectivity index (χ2v) is 5.14. The number of hydrogen-bond donors (Lipinski definition) is 1. The number of ether oxygens (including phenoxy) is 1. The molecule has 1 amide bonds. The minimum Gasteiger partial charge on any atom is -0.462 e. The number of rotatable bonds is 5. The molecule has 0 aliphatic carbocycles. The van der Waals surface area contributed by atoms with Gasteiger partial charge in [0.05, 0.1) is 6.61 Å². The average molecular weight is 336 g/mol. The fraction of sp³-hybridized carbons (Fsp3) is 0.105. The molecule has 3 rings (SSSR count). The summed E-state index contributed by atoms with van der Waals surface area (Å²) in [6, 6.07) is 17.9. The van der Waals surface area contributed by atoms with Crippen molar-refractivity contribution >= 4 is 17.6 Å². The van der Waals surface area contributed by atoms with Crippen LogP contribution in [0.5, 0.6) is 0 Å². The first-order chi connectivity index (χ1) is 12.2. The second-order valence-electron chi connectivity index (χ2n) is 5.14. The van der Waals surface area contributed by atoms with E-state index in [4.69, 9.17) is 9.26 Å². The van der Waals surface area contributed by atoms with E-state index >= 15 is 0 Å². The molecule has 0 saturated heterocycles. The van der Waals surface area contributed by atoms with Gasteiger partial charge in [0, 0.05) is 11.3 Å². The van der Waals surface area contributed by atoms with Crippen molar-refractivity contribution in [3.05, 3.63) is 72.0 Å². The number of anilines is 1. The molecular formula is C19H16N2O4. The number of carbonyl (C=O) groups is 2. The summed E-state index contributed by atoms with van der Waals surface area (Å²) in [6.07, 6.45) is 0. The molecule has 0 spiro atoms. The molecule has 0 aliphatic heterocycles. The fourth-order valence-corrected chi connectivity index (χ4v) is 2.34. The molecule has 0 aliphatic rings. The maximum absolute atomic E-state index is 12.5. The number of benzene rings is 2. The van der Waals surface area contributed by atoms with Gasteiger partial charge in [0.15, 0.2) is 0 Å². The number of para-hydroxylation sites is 1. The molecule has 0 bridgehead atoms. The highest BCUT2D eigenvalue weighted by molar-refractivity contribution is 6.11. The molecular weight excluding hydrogens is 320 g/mol. The Morgan fingerprint density at radius 3 is 2.32 bits per heavy atom. The molecule has 6 heteroatoms. The van der Waals surface area contributed by atoms with Crippen molar-refractivity contribution in [2.75, 3.05) is 11.9 Å². The molecule has 0 radical (unpaired) electrons. The molecule has 25 heavy (non-hydrogen) atoms. The van der Waals surface area contributed by atoms with Crippen LogP contribution in [0, 0.1) is 0 Å². The minimum atomic E-state index is -0.652. The number of nitrogens with one attached hydrogen (secondary N) is 1. The molecule has 0 unspecified atom stereocenters. The van der Waals surface area contributed by atoms with Gasteiger partial charge in [-0.25, -0.2) is 4.79 Å². The maximum Gasteiger partial charge on any atom is 0.344 e. The summed E-state index contributed by atoms with van der Waals surface area (Å²) in [5, 5.41) is 6.60. The van der Waals surface area contributed by atoms with Crippen LogP contribution < -0.4 is 5.32 Å². The number of amides is 1. The summed E-state index contributed by atoms with van der Waals surface area (Å²) in [5.41, 5.74) is 1.53. The van der Waals surface area contributed by atoms with Crippen LogP contribution in [0.1, 0.15) is 27.8 Å². The predicted octanol–water partition coefficient (Wildman–Crippen LogP) is 3.77. The lowest BCUT2D eigenvalue weighted by Gasteiger charge is -2.05. The van der Waals surface area contributed by atoms with Gasteiger partial charge in [0.1, 0.15) is 11.3 Å². The average Bonchev–Trinajstić information content (AvgIpc) is 3.09. The van der Waals surface area contributed by atoms with E-state index in [9.17, 15) is 9.59 Å². The van der Waals surface area contributed by atoms with E-state index in [1.807, 2.05) is 24.3 Å². The predicted molar refractivity (Wildman–Crippen MR) is 92.3 cm³/mol. The zero-order chi connectivity index (χ0) is 17.6. The number of nitrogens with zero attached hydrogens (tertiary/aromatic N) is 1. The van der Waals surface area contributed by atoms with Gasteiger partial charge in [0.25, 0.3) is 5.91 Å². The van der Waals surface area contributed by atoms with Crippen molar-refractivity contribution in [3.63, 3.8) is 0 Å². The van der Waals surface area contributed by atoms with E-state index in [0.717, 1.165) is 0 Å². The van der Waals surface area contributed by atoms with Crippen LogP contribution in [0.4, 0.5) is 5.69 Å². The third-order valence-corrected chi connectivity index (χ3v) is 3.46. The van der Waals surface area contributed by atoms with E-state index in [-0.39, 0.29) is 23.6 Å². The zero-order valence-electron chi connectivity index (χ0n) is 13.6. The third-order valence-electron chi connectivity index (χ3n) is 3.46. The largest absolute Gasteiger partial charge is 0.462 e. The highest BCUT2D eigenvalue weighted by Gasteiger charge is 2.29. The topological polar surface area (TPSA) is 81.4 Å². The Balaban J connectivity index is 2.00. The van der Waals surface area contributed by atoms with Crippen LogP contribution in [-0.2, 0) is 4.74 Å². The van der Waals surface area contributed by atoms with Crippen LogP contribution in [-0.4, -0.2) is 23.6 Å². The summed E-state index contributed by atoms with van der Waals surface area (Å²) in [4.78, 5) is 24.9.